The molecule has 110 valence electrons. The van der Waals surface area contributed by atoms with Crippen LogP contribution in [-0.4, -0.2) is 19.8 Å². The predicted octanol–water partition coefficient (Wildman–Crippen LogP) is 3.57. The van der Waals surface area contributed by atoms with Crippen molar-refractivity contribution in [3.8, 4) is 11.5 Å². The molecule has 1 aromatic carbocycles. The molecule has 0 radical (unpaired) electrons. The van der Waals surface area contributed by atoms with Gasteiger partial charge in [0.05, 0.1) is 13.7 Å². The summed E-state index contributed by atoms with van der Waals surface area (Å²) >= 11 is 0. The second-order valence-electron chi connectivity index (χ2n) is 6.97. The molecule has 0 spiro atoms. The van der Waals surface area contributed by atoms with Gasteiger partial charge in [-0.25, -0.2) is 0 Å². The molecule has 20 heavy (non-hydrogen) atoms. The lowest BCUT2D eigenvalue weighted by Gasteiger charge is -2.32. The van der Waals surface area contributed by atoms with Gasteiger partial charge in [0.2, 0.25) is 0 Å². The number of fused-ring (bicyclic) bond motifs is 1. The van der Waals surface area contributed by atoms with Crippen molar-refractivity contribution in [3.05, 3.63) is 23.3 Å². The maximum Gasteiger partial charge on any atom is 0.128 e. The molecule has 0 amide bonds. The SMILES string of the molecule is COc1cc2c(c(C(C)(C)C)c1)OCCC2NC1CC1. The maximum atomic E-state index is 6.02. The molecule has 3 heteroatoms. The van der Waals surface area contributed by atoms with Gasteiger partial charge in [-0.15, -0.1) is 0 Å². The molecule has 1 N–H and O–H groups in total. The van der Waals surface area contributed by atoms with Crippen molar-refractivity contribution in [2.75, 3.05) is 13.7 Å². The van der Waals surface area contributed by atoms with E-state index in [4.69, 9.17) is 9.47 Å². The molecule has 1 atom stereocenters. The Morgan fingerprint density at radius 3 is 2.55 bits per heavy atom. The van der Waals surface area contributed by atoms with Crippen LogP contribution in [0.2, 0.25) is 0 Å². The van der Waals surface area contributed by atoms with E-state index >= 15 is 0 Å². The van der Waals surface area contributed by atoms with Crippen molar-refractivity contribution in [3.63, 3.8) is 0 Å². The molecule has 1 heterocycles. The minimum atomic E-state index is 0.0556. The first-order valence-corrected chi connectivity index (χ1v) is 7.60. The van der Waals surface area contributed by atoms with Crippen LogP contribution in [-0.2, 0) is 5.41 Å². The summed E-state index contributed by atoms with van der Waals surface area (Å²) in [6.45, 7) is 7.48. The fourth-order valence-corrected chi connectivity index (χ4v) is 2.86. The Morgan fingerprint density at radius 1 is 1.20 bits per heavy atom. The van der Waals surface area contributed by atoms with Gasteiger partial charge in [0, 0.05) is 29.6 Å². The monoisotopic (exact) mass is 275 g/mol. The van der Waals surface area contributed by atoms with E-state index in [0.717, 1.165) is 24.5 Å². The molecule has 0 bridgehead atoms. The lowest BCUT2D eigenvalue weighted by Crippen LogP contribution is -2.30. The van der Waals surface area contributed by atoms with E-state index < -0.39 is 0 Å². The molecule has 0 aromatic heterocycles. The molecular formula is C17H25NO2. The molecule has 1 aromatic rings. The second kappa shape index (κ2) is 4.96. The highest BCUT2D eigenvalue weighted by Gasteiger charge is 2.32. The van der Waals surface area contributed by atoms with Gasteiger partial charge >= 0.3 is 0 Å². The third kappa shape index (κ3) is 2.64. The van der Waals surface area contributed by atoms with Crippen molar-refractivity contribution >= 4 is 0 Å². The third-order valence-corrected chi connectivity index (χ3v) is 4.18. The van der Waals surface area contributed by atoms with E-state index in [1.165, 1.54) is 24.0 Å². The first-order chi connectivity index (χ1) is 9.49. The second-order valence-corrected chi connectivity index (χ2v) is 6.97. The minimum absolute atomic E-state index is 0.0556. The molecule has 3 rings (SSSR count). The van der Waals surface area contributed by atoms with E-state index in [1.807, 2.05) is 0 Å². The van der Waals surface area contributed by atoms with Gasteiger partial charge in [0.25, 0.3) is 0 Å². The van der Waals surface area contributed by atoms with Gasteiger partial charge in [0.15, 0.2) is 0 Å². The molecule has 1 aliphatic heterocycles. The zero-order valence-electron chi connectivity index (χ0n) is 13.0. The van der Waals surface area contributed by atoms with Crippen molar-refractivity contribution < 1.29 is 9.47 Å². The van der Waals surface area contributed by atoms with Gasteiger partial charge in [-0.3, -0.25) is 0 Å². The Hall–Kier alpha value is -1.22. The van der Waals surface area contributed by atoms with Gasteiger partial charge in [-0.05, 0) is 30.4 Å². The summed E-state index contributed by atoms with van der Waals surface area (Å²) < 4.78 is 11.5. The average Bonchev–Trinajstić information content (AvgIpc) is 3.21. The lowest BCUT2D eigenvalue weighted by atomic mass is 9.83. The molecule has 1 aliphatic carbocycles. The van der Waals surface area contributed by atoms with Crippen molar-refractivity contribution in [1.82, 2.24) is 5.32 Å². The predicted molar refractivity (Wildman–Crippen MR) is 80.7 cm³/mol. The van der Waals surface area contributed by atoms with Crippen LogP contribution in [0.1, 0.15) is 57.2 Å². The van der Waals surface area contributed by atoms with E-state index in [0.29, 0.717) is 12.1 Å². The number of ether oxygens (including phenoxy) is 2. The maximum absolute atomic E-state index is 6.02. The quantitative estimate of drug-likeness (QED) is 0.915. The van der Waals surface area contributed by atoms with Crippen LogP contribution >= 0.6 is 0 Å². The normalized spacial score (nSPS) is 22.1. The highest BCUT2D eigenvalue weighted by molar-refractivity contribution is 5.52. The van der Waals surface area contributed by atoms with Crippen LogP contribution < -0.4 is 14.8 Å². The van der Waals surface area contributed by atoms with Gasteiger partial charge in [0.1, 0.15) is 11.5 Å². The van der Waals surface area contributed by atoms with E-state index in [9.17, 15) is 0 Å². The molecule has 3 nitrogen and oxygen atoms in total. The Bertz CT molecular complexity index is 500. The highest BCUT2D eigenvalue weighted by atomic mass is 16.5. The van der Waals surface area contributed by atoms with Crippen molar-refractivity contribution in [2.24, 2.45) is 0 Å². The number of benzene rings is 1. The van der Waals surface area contributed by atoms with Gasteiger partial charge < -0.3 is 14.8 Å². The summed E-state index contributed by atoms with van der Waals surface area (Å²) in [6, 6.07) is 5.37. The van der Waals surface area contributed by atoms with E-state index in [1.54, 1.807) is 7.11 Å². The average molecular weight is 275 g/mol. The van der Waals surface area contributed by atoms with Gasteiger partial charge in [-0.2, -0.15) is 0 Å². The summed E-state index contributed by atoms with van der Waals surface area (Å²) in [5.41, 5.74) is 2.57. The van der Waals surface area contributed by atoms with E-state index in [-0.39, 0.29) is 5.41 Å². The Labute approximate surface area is 121 Å². The summed E-state index contributed by atoms with van der Waals surface area (Å²) in [5, 5.41) is 3.74. The first kappa shape index (κ1) is 13.7. The molecule has 0 saturated heterocycles. The summed E-state index contributed by atoms with van der Waals surface area (Å²) in [5.74, 6) is 2.00. The molecule has 2 aliphatic rings. The van der Waals surface area contributed by atoms with Crippen molar-refractivity contribution in [1.29, 1.82) is 0 Å². The first-order valence-electron chi connectivity index (χ1n) is 7.60. The fraction of sp³-hybridized carbons (Fsp3) is 0.647. The van der Waals surface area contributed by atoms with Crippen molar-refractivity contribution in [2.45, 2.75) is 57.5 Å². The largest absolute Gasteiger partial charge is 0.497 e. The fourth-order valence-electron chi connectivity index (χ4n) is 2.86. The molecule has 1 fully saturated rings. The zero-order chi connectivity index (χ0) is 14.3. The van der Waals surface area contributed by atoms with E-state index in [2.05, 4.69) is 38.2 Å². The number of hydrogen-bond donors (Lipinski definition) is 1. The summed E-state index contributed by atoms with van der Waals surface area (Å²) in [6.07, 6.45) is 3.66. The van der Waals surface area contributed by atoms with Gasteiger partial charge in [-0.1, -0.05) is 20.8 Å². The highest BCUT2D eigenvalue weighted by Crippen LogP contribution is 2.43. The number of methoxy groups -OCH3 is 1. The number of hydrogen-bond acceptors (Lipinski definition) is 3. The minimum Gasteiger partial charge on any atom is -0.497 e. The topological polar surface area (TPSA) is 30.5 Å². The van der Waals surface area contributed by atoms with Crippen LogP contribution in [0.15, 0.2) is 12.1 Å². The zero-order valence-corrected chi connectivity index (χ0v) is 13.0. The molecular weight excluding hydrogens is 250 g/mol. The number of rotatable bonds is 3. The van der Waals surface area contributed by atoms with Crippen LogP contribution in [0, 0.1) is 0 Å². The Morgan fingerprint density at radius 2 is 1.95 bits per heavy atom. The number of nitrogens with one attached hydrogen (secondary N) is 1. The standard InChI is InChI=1S/C17H25NO2/c1-17(2,3)14-10-12(19-4)9-13-15(18-11-5-6-11)7-8-20-16(13)14/h9-11,15,18H,5-8H2,1-4H3. The summed E-state index contributed by atoms with van der Waals surface area (Å²) in [4.78, 5) is 0. The smallest absolute Gasteiger partial charge is 0.128 e. The lowest BCUT2D eigenvalue weighted by molar-refractivity contribution is 0.244. The van der Waals surface area contributed by atoms with Crippen LogP contribution in [0.3, 0.4) is 0 Å². The molecule has 1 unspecified atom stereocenters. The third-order valence-electron chi connectivity index (χ3n) is 4.18. The van der Waals surface area contributed by atoms with Crippen LogP contribution in [0.5, 0.6) is 11.5 Å². The Balaban J connectivity index is 2.04. The molecule has 1 saturated carbocycles. The van der Waals surface area contributed by atoms with Crippen LogP contribution in [0.25, 0.3) is 0 Å². The summed E-state index contributed by atoms with van der Waals surface area (Å²) in [7, 11) is 1.74. The Kier molecular flexibility index (Phi) is 3.41. The van der Waals surface area contributed by atoms with Crippen LogP contribution in [0.4, 0.5) is 0 Å².